The minimum absolute atomic E-state index is 0.457. The summed E-state index contributed by atoms with van der Waals surface area (Å²) in [6.45, 7) is 8.10. The summed E-state index contributed by atoms with van der Waals surface area (Å²) < 4.78 is 0. The molecule has 0 aliphatic heterocycles. The van der Waals surface area contributed by atoms with Crippen LogP contribution in [0, 0.1) is 6.92 Å². The molecule has 17 heavy (non-hydrogen) atoms. The Morgan fingerprint density at radius 3 is 2.41 bits per heavy atom. The van der Waals surface area contributed by atoms with Crippen LogP contribution in [0.4, 0.5) is 0 Å². The van der Waals surface area contributed by atoms with Crippen LogP contribution in [0.2, 0.25) is 0 Å². The van der Waals surface area contributed by atoms with E-state index < -0.39 is 6.10 Å². The Bertz CT molecular complexity index is 544. The summed E-state index contributed by atoms with van der Waals surface area (Å²) in [4.78, 5) is 4.51. The van der Waals surface area contributed by atoms with E-state index in [1.165, 1.54) is 5.56 Å². The zero-order valence-electron chi connectivity index (χ0n) is 10.9. The van der Waals surface area contributed by atoms with E-state index in [2.05, 4.69) is 31.0 Å². The minimum atomic E-state index is -0.457. The SMILES string of the molecule is Cc1cc(C(C)O)c2cc(C(C)C)ccc2n1. The van der Waals surface area contributed by atoms with Crippen molar-refractivity contribution < 1.29 is 5.11 Å². The van der Waals surface area contributed by atoms with Crippen molar-refractivity contribution in [1.82, 2.24) is 4.98 Å². The Kier molecular flexibility index (Phi) is 3.16. The van der Waals surface area contributed by atoms with E-state index in [4.69, 9.17) is 0 Å². The van der Waals surface area contributed by atoms with Crippen LogP contribution in [-0.2, 0) is 0 Å². The van der Waals surface area contributed by atoms with Crippen LogP contribution >= 0.6 is 0 Å². The molecule has 0 saturated carbocycles. The van der Waals surface area contributed by atoms with Crippen molar-refractivity contribution in [2.24, 2.45) is 0 Å². The topological polar surface area (TPSA) is 33.1 Å². The Morgan fingerprint density at radius 2 is 1.82 bits per heavy atom. The van der Waals surface area contributed by atoms with Gasteiger partial charge in [-0.3, -0.25) is 4.98 Å². The van der Waals surface area contributed by atoms with Crippen LogP contribution < -0.4 is 0 Å². The van der Waals surface area contributed by atoms with Crippen LogP contribution in [0.25, 0.3) is 10.9 Å². The van der Waals surface area contributed by atoms with Crippen LogP contribution in [0.5, 0.6) is 0 Å². The summed E-state index contributed by atoms with van der Waals surface area (Å²) in [6.07, 6.45) is -0.457. The number of aromatic nitrogens is 1. The lowest BCUT2D eigenvalue weighted by molar-refractivity contribution is 0.200. The second kappa shape index (κ2) is 4.46. The molecule has 1 atom stereocenters. The minimum Gasteiger partial charge on any atom is -0.389 e. The summed E-state index contributed by atoms with van der Waals surface area (Å²) in [6, 6.07) is 8.28. The molecule has 0 bridgehead atoms. The third kappa shape index (κ3) is 2.32. The van der Waals surface area contributed by atoms with Gasteiger partial charge in [-0.15, -0.1) is 0 Å². The molecule has 0 aliphatic rings. The normalized spacial score (nSPS) is 13.3. The fourth-order valence-electron chi connectivity index (χ4n) is 2.11. The highest BCUT2D eigenvalue weighted by molar-refractivity contribution is 5.83. The summed E-state index contributed by atoms with van der Waals surface area (Å²) in [5.41, 5.74) is 4.16. The predicted octanol–water partition coefficient (Wildman–Crippen LogP) is 3.72. The summed E-state index contributed by atoms with van der Waals surface area (Å²) >= 11 is 0. The highest BCUT2D eigenvalue weighted by atomic mass is 16.3. The average molecular weight is 229 g/mol. The first-order valence-electron chi connectivity index (χ1n) is 6.08. The molecule has 0 fully saturated rings. The van der Waals surface area contributed by atoms with Gasteiger partial charge >= 0.3 is 0 Å². The molecule has 0 aliphatic carbocycles. The zero-order chi connectivity index (χ0) is 12.6. The molecule has 0 saturated heterocycles. The number of nitrogens with zero attached hydrogens (tertiary/aromatic N) is 1. The van der Waals surface area contributed by atoms with Crippen LogP contribution in [0.3, 0.4) is 0 Å². The molecule has 0 radical (unpaired) electrons. The van der Waals surface area contributed by atoms with Crippen molar-refractivity contribution in [3.8, 4) is 0 Å². The predicted molar refractivity (Wildman–Crippen MR) is 71.2 cm³/mol. The van der Waals surface area contributed by atoms with Gasteiger partial charge in [0.2, 0.25) is 0 Å². The molecule has 1 heterocycles. The monoisotopic (exact) mass is 229 g/mol. The lowest BCUT2D eigenvalue weighted by atomic mass is 9.97. The van der Waals surface area contributed by atoms with Gasteiger partial charge in [-0.05, 0) is 49.1 Å². The molecule has 2 nitrogen and oxygen atoms in total. The second-order valence-electron chi connectivity index (χ2n) is 4.96. The van der Waals surface area contributed by atoms with Crippen LogP contribution in [0.1, 0.15) is 49.6 Å². The molecule has 1 aromatic carbocycles. The van der Waals surface area contributed by atoms with Gasteiger partial charge in [0, 0.05) is 11.1 Å². The maximum absolute atomic E-state index is 9.85. The van der Waals surface area contributed by atoms with Crippen molar-refractivity contribution in [2.45, 2.75) is 39.7 Å². The van der Waals surface area contributed by atoms with Crippen molar-refractivity contribution in [3.63, 3.8) is 0 Å². The lowest BCUT2D eigenvalue weighted by Crippen LogP contribution is -1.98. The van der Waals surface area contributed by atoms with Gasteiger partial charge in [-0.25, -0.2) is 0 Å². The number of pyridine rings is 1. The Balaban J connectivity index is 2.73. The van der Waals surface area contributed by atoms with E-state index in [9.17, 15) is 5.11 Å². The fraction of sp³-hybridized carbons (Fsp3) is 0.400. The van der Waals surface area contributed by atoms with Gasteiger partial charge in [0.05, 0.1) is 11.6 Å². The van der Waals surface area contributed by atoms with Crippen molar-refractivity contribution >= 4 is 10.9 Å². The van der Waals surface area contributed by atoms with E-state index >= 15 is 0 Å². The third-order valence-electron chi connectivity index (χ3n) is 3.11. The molecule has 2 aromatic rings. The van der Waals surface area contributed by atoms with E-state index in [1.54, 1.807) is 6.92 Å². The fourth-order valence-corrected chi connectivity index (χ4v) is 2.11. The van der Waals surface area contributed by atoms with Gasteiger partial charge in [-0.1, -0.05) is 19.9 Å². The number of fused-ring (bicyclic) bond motifs is 1. The molecular weight excluding hydrogens is 210 g/mol. The average Bonchev–Trinajstić information content (AvgIpc) is 2.26. The van der Waals surface area contributed by atoms with Gasteiger partial charge in [0.1, 0.15) is 0 Å². The third-order valence-corrected chi connectivity index (χ3v) is 3.11. The zero-order valence-corrected chi connectivity index (χ0v) is 10.9. The standard InChI is InChI=1S/C15H19NO/c1-9(2)12-5-6-15-14(8-12)13(11(4)17)7-10(3)16-15/h5-9,11,17H,1-4H3. The maximum Gasteiger partial charge on any atom is 0.0769 e. The summed E-state index contributed by atoms with van der Waals surface area (Å²) in [7, 11) is 0. The molecule has 1 unspecified atom stereocenters. The smallest absolute Gasteiger partial charge is 0.0769 e. The molecular formula is C15H19NO. The summed E-state index contributed by atoms with van der Waals surface area (Å²) in [5.74, 6) is 0.488. The van der Waals surface area contributed by atoms with Crippen LogP contribution in [-0.4, -0.2) is 10.1 Å². The Labute approximate surface area is 102 Å². The second-order valence-corrected chi connectivity index (χ2v) is 4.96. The lowest BCUT2D eigenvalue weighted by Gasteiger charge is -2.13. The van der Waals surface area contributed by atoms with Crippen LogP contribution in [0.15, 0.2) is 24.3 Å². The van der Waals surface area contributed by atoms with Gasteiger partial charge in [0.25, 0.3) is 0 Å². The Morgan fingerprint density at radius 1 is 1.12 bits per heavy atom. The van der Waals surface area contributed by atoms with E-state index in [0.29, 0.717) is 5.92 Å². The van der Waals surface area contributed by atoms with Crippen molar-refractivity contribution in [3.05, 3.63) is 41.1 Å². The largest absolute Gasteiger partial charge is 0.389 e. The van der Waals surface area contributed by atoms with Gasteiger partial charge in [-0.2, -0.15) is 0 Å². The number of aliphatic hydroxyl groups excluding tert-OH is 1. The first-order valence-corrected chi connectivity index (χ1v) is 6.08. The highest BCUT2D eigenvalue weighted by Gasteiger charge is 2.10. The number of aliphatic hydroxyl groups is 1. The first-order chi connectivity index (χ1) is 7.99. The van der Waals surface area contributed by atoms with Gasteiger partial charge in [0.15, 0.2) is 0 Å². The number of aryl methyl sites for hydroxylation is 1. The van der Waals surface area contributed by atoms with E-state index in [-0.39, 0.29) is 0 Å². The molecule has 0 spiro atoms. The van der Waals surface area contributed by atoms with Gasteiger partial charge < -0.3 is 5.11 Å². The highest BCUT2D eigenvalue weighted by Crippen LogP contribution is 2.27. The number of hydrogen-bond donors (Lipinski definition) is 1. The molecule has 2 heteroatoms. The number of hydrogen-bond acceptors (Lipinski definition) is 2. The molecule has 0 amide bonds. The number of benzene rings is 1. The quantitative estimate of drug-likeness (QED) is 0.851. The van der Waals surface area contributed by atoms with Crippen molar-refractivity contribution in [1.29, 1.82) is 0 Å². The molecule has 1 aromatic heterocycles. The molecule has 1 N–H and O–H groups in total. The first kappa shape index (κ1) is 12.1. The number of rotatable bonds is 2. The summed E-state index contributed by atoms with van der Waals surface area (Å²) in [5, 5.41) is 10.9. The van der Waals surface area contributed by atoms with E-state index in [0.717, 1.165) is 22.2 Å². The van der Waals surface area contributed by atoms with Crippen molar-refractivity contribution in [2.75, 3.05) is 0 Å². The Hall–Kier alpha value is -1.41. The molecule has 90 valence electrons. The maximum atomic E-state index is 9.85. The molecule has 2 rings (SSSR count). The van der Waals surface area contributed by atoms with E-state index in [1.807, 2.05) is 19.1 Å².